The Labute approximate surface area is 109 Å². The molecule has 0 saturated carbocycles. The van der Waals surface area contributed by atoms with Crippen LogP contribution in [-0.4, -0.2) is 30.6 Å². The highest BCUT2D eigenvalue weighted by molar-refractivity contribution is 5.69. The van der Waals surface area contributed by atoms with E-state index in [2.05, 4.69) is 29.2 Å². The van der Waals surface area contributed by atoms with Gasteiger partial charge in [0.1, 0.15) is 0 Å². The van der Waals surface area contributed by atoms with Crippen LogP contribution in [0.1, 0.15) is 31.2 Å². The van der Waals surface area contributed by atoms with Gasteiger partial charge in [-0.15, -0.1) is 0 Å². The van der Waals surface area contributed by atoms with Crippen LogP contribution in [0.25, 0.3) is 0 Å². The van der Waals surface area contributed by atoms with Gasteiger partial charge in [0.05, 0.1) is 13.5 Å². The standard InChI is InChI=1S/C15H21NO2/c1-18-15(17)11-14-9-5-6-10-16(14)12-13-7-3-2-4-8-13/h2-4,7-8,14H,5-6,9-12H2,1H3/t14-/m0/s1. The summed E-state index contributed by atoms with van der Waals surface area (Å²) in [6.45, 7) is 2.01. The van der Waals surface area contributed by atoms with Crippen molar-refractivity contribution in [1.29, 1.82) is 0 Å². The fourth-order valence-corrected chi connectivity index (χ4v) is 2.59. The molecule has 3 nitrogen and oxygen atoms in total. The number of methoxy groups -OCH3 is 1. The van der Waals surface area contributed by atoms with E-state index in [-0.39, 0.29) is 5.97 Å². The first kappa shape index (κ1) is 13.1. The molecular weight excluding hydrogens is 226 g/mol. The molecule has 0 N–H and O–H groups in total. The molecule has 1 aliphatic heterocycles. The molecule has 0 unspecified atom stereocenters. The van der Waals surface area contributed by atoms with Gasteiger partial charge in [0, 0.05) is 12.6 Å². The highest BCUT2D eigenvalue weighted by Gasteiger charge is 2.24. The van der Waals surface area contributed by atoms with E-state index in [1.165, 1.54) is 25.5 Å². The van der Waals surface area contributed by atoms with Crippen LogP contribution in [0.2, 0.25) is 0 Å². The Morgan fingerprint density at radius 1 is 1.33 bits per heavy atom. The smallest absolute Gasteiger partial charge is 0.307 e. The molecule has 0 aliphatic carbocycles. The Hall–Kier alpha value is -1.35. The maximum absolute atomic E-state index is 11.4. The summed E-state index contributed by atoms with van der Waals surface area (Å²) in [7, 11) is 1.46. The Morgan fingerprint density at radius 2 is 2.11 bits per heavy atom. The van der Waals surface area contributed by atoms with Crippen LogP contribution >= 0.6 is 0 Å². The first-order valence-electron chi connectivity index (χ1n) is 6.64. The van der Waals surface area contributed by atoms with Gasteiger partial charge in [0.2, 0.25) is 0 Å². The molecule has 1 fully saturated rings. The molecule has 1 aromatic rings. The zero-order chi connectivity index (χ0) is 12.8. The molecule has 18 heavy (non-hydrogen) atoms. The van der Waals surface area contributed by atoms with E-state index in [1.54, 1.807) is 0 Å². The molecule has 0 radical (unpaired) electrons. The number of hydrogen-bond donors (Lipinski definition) is 0. The topological polar surface area (TPSA) is 29.5 Å². The number of esters is 1. The number of likely N-dealkylation sites (tertiary alicyclic amines) is 1. The van der Waals surface area contributed by atoms with E-state index < -0.39 is 0 Å². The molecule has 3 heteroatoms. The average Bonchev–Trinajstić information content (AvgIpc) is 2.42. The molecule has 2 rings (SSSR count). The van der Waals surface area contributed by atoms with Crippen molar-refractivity contribution in [3.8, 4) is 0 Å². The van der Waals surface area contributed by atoms with Gasteiger partial charge in [-0.3, -0.25) is 9.69 Å². The van der Waals surface area contributed by atoms with Gasteiger partial charge in [-0.1, -0.05) is 36.8 Å². The second kappa shape index (κ2) is 6.55. The third-order valence-corrected chi connectivity index (χ3v) is 3.61. The van der Waals surface area contributed by atoms with Crippen molar-refractivity contribution in [3.63, 3.8) is 0 Å². The van der Waals surface area contributed by atoms with Gasteiger partial charge in [0.25, 0.3) is 0 Å². The largest absolute Gasteiger partial charge is 0.469 e. The zero-order valence-electron chi connectivity index (χ0n) is 11.0. The lowest BCUT2D eigenvalue weighted by molar-refractivity contribution is -0.142. The number of ether oxygens (including phenoxy) is 1. The average molecular weight is 247 g/mol. The zero-order valence-corrected chi connectivity index (χ0v) is 11.0. The molecule has 98 valence electrons. The minimum atomic E-state index is -0.0973. The number of nitrogens with zero attached hydrogens (tertiary/aromatic N) is 1. The summed E-state index contributed by atoms with van der Waals surface area (Å²) in [4.78, 5) is 13.8. The predicted molar refractivity (Wildman–Crippen MR) is 71.1 cm³/mol. The summed E-state index contributed by atoms with van der Waals surface area (Å²) in [5.41, 5.74) is 1.31. The maximum atomic E-state index is 11.4. The second-order valence-electron chi connectivity index (χ2n) is 4.89. The summed E-state index contributed by atoms with van der Waals surface area (Å²) < 4.78 is 4.79. The van der Waals surface area contributed by atoms with Gasteiger partial charge in [-0.25, -0.2) is 0 Å². The fourth-order valence-electron chi connectivity index (χ4n) is 2.59. The summed E-state index contributed by atoms with van der Waals surface area (Å²) in [5.74, 6) is -0.0973. The second-order valence-corrected chi connectivity index (χ2v) is 4.89. The number of hydrogen-bond acceptors (Lipinski definition) is 3. The lowest BCUT2D eigenvalue weighted by Crippen LogP contribution is -2.40. The Kier molecular flexibility index (Phi) is 4.76. The Bertz CT molecular complexity index is 377. The van der Waals surface area contributed by atoms with Crippen molar-refractivity contribution >= 4 is 5.97 Å². The lowest BCUT2D eigenvalue weighted by Gasteiger charge is -2.35. The van der Waals surface area contributed by atoms with E-state index in [1.807, 2.05) is 6.07 Å². The fraction of sp³-hybridized carbons (Fsp3) is 0.533. The highest BCUT2D eigenvalue weighted by atomic mass is 16.5. The van der Waals surface area contributed by atoms with E-state index >= 15 is 0 Å². The van der Waals surface area contributed by atoms with Crippen molar-refractivity contribution in [2.75, 3.05) is 13.7 Å². The van der Waals surface area contributed by atoms with Crippen LogP contribution in [0.15, 0.2) is 30.3 Å². The molecule has 0 amide bonds. The number of carbonyl (C=O) groups excluding carboxylic acids is 1. The number of piperidine rings is 1. The molecule has 1 atom stereocenters. The third-order valence-electron chi connectivity index (χ3n) is 3.61. The molecule has 1 heterocycles. The van der Waals surface area contributed by atoms with Crippen LogP contribution in [0.5, 0.6) is 0 Å². The van der Waals surface area contributed by atoms with E-state index in [4.69, 9.17) is 4.74 Å². The van der Waals surface area contributed by atoms with E-state index in [9.17, 15) is 4.79 Å². The van der Waals surface area contributed by atoms with E-state index in [0.717, 1.165) is 19.5 Å². The SMILES string of the molecule is COC(=O)C[C@@H]1CCCCN1Cc1ccccc1. The molecule has 1 aromatic carbocycles. The maximum Gasteiger partial charge on any atom is 0.307 e. The minimum absolute atomic E-state index is 0.0973. The number of carbonyl (C=O) groups is 1. The van der Waals surface area contributed by atoms with Gasteiger partial charge >= 0.3 is 5.97 Å². The molecule has 0 spiro atoms. The third kappa shape index (κ3) is 3.57. The Balaban J connectivity index is 1.97. The predicted octanol–water partition coefficient (Wildman–Crippen LogP) is 2.60. The van der Waals surface area contributed by atoms with Crippen molar-refractivity contribution < 1.29 is 9.53 Å². The van der Waals surface area contributed by atoms with Gasteiger partial charge < -0.3 is 4.74 Å². The minimum Gasteiger partial charge on any atom is -0.469 e. The van der Waals surface area contributed by atoms with Crippen LogP contribution in [0.4, 0.5) is 0 Å². The van der Waals surface area contributed by atoms with Gasteiger partial charge in [-0.2, -0.15) is 0 Å². The number of benzene rings is 1. The molecule has 0 bridgehead atoms. The van der Waals surface area contributed by atoms with Crippen LogP contribution in [-0.2, 0) is 16.1 Å². The van der Waals surface area contributed by atoms with Crippen LogP contribution in [0, 0.1) is 0 Å². The van der Waals surface area contributed by atoms with Crippen molar-refractivity contribution in [3.05, 3.63) is 35.9 Å². The normalized spacial score (nSPS) is 20.6. The monoisotopic (exact) mass is 247 g/mol. The Morgan fingerprint density at radius 3 is 2.83 bits per heavy atom. The van der Waals surface area contributed by atoms with Crippen molar-refractivity contribution in [2.45, 2.75) is 38.3 Å². The number of rotatable bonds is 4. The molecule has 0 aromatic heterocycles. The first-order valence-corrected chi connectivity index (χ1v) is 6.64. The molecule has 1 saturated heterocycles. The van der Waals surface area contributed by atoms with E-state index in [0.29, 0.717) is 12.5 Å². The van der Waals surface area contributed by atoms with Gasteiger partial charge in [-0.05, 0) is 24.9 Å². The summed E-state index contributed by atoms with van der Waals surface area (Å²) >= 11 is 0. The summed E-state index contributed by atoms with van der Waals surface area (Å²) in [5, 5.41) is 0. The quantitative estimate of drug-likeness (QED) is 0.766. The first-order chi connectivity index (χ1) is 8.79. The summed E-state index contributed by atoms with van der Waals surface area (Å²) in [6, 6.07) is 10.8. The molecule has 1 aliphatic rings. The lowest BCUT2D eigenvalue weighted by atomic mass is 9.98. The van der Waals surface area contributed by atoms with Gasteiger partial charge in [0.15, 0.2) is 0 Å². The van der Waals surface area contributed by atoms with Crippen LogP contribution < -0.4 is 0 Å². The van der Waals surface area contributed by atoms with Crippen LogP contribution in [0.3, 0.4) is 0 Å². The summed E-state index contributed by atoms with van der Waals surface area (Å²) in [6.07, 6.45) is 4.06. The van der Waals surface area contributed by atoms with Crippen molar-refractivity contribution in [2.24, 2.45) is 0 Å². The van der Waals surface area contributed by atoms with Crippen molar-refractivity contribution in [1.82, 2.24) is 4.90 Å². The highest BCUT2D eigenvalue weighted by Crippen LogP contribution is 2.22. The molecular formula is C15H21NO2.